The molecule has 0 spiro atoms. The van der Waals surface area contributed by atoms with E-state index in [0.29, 0.717) is 0 Å². The molecule has 0 aromatic rings. The zero-order valence-electron chi connectivity index (χ0n) is 8.61. The van der Waals surface area contributed by atoms with E-state index in [-0.39, 0.29) is 6.77 Å². The zero-order chi connectivity index (χ0) is 9.98. The van der Waals surface area contributed by atoms with Gasteiger partial charge in [-0.15, -0.1) is 33.8 Å². The Morgan fingerprint density at radius 2 is 1.25 bits per heavy atom. The molecular weight excluding hydrogens is 206 g/mol. The Morgan fingerprint density at radius 3 is 1.42 bits per heavy atom. The summed E-state index contributed by atoms with van der Waals surface area (Å²) in [7, 11) is 0. The van der Waals surface area contributed by atoms with E-state index in [1.807, 2.05) is 0 Å². The van der Waals surface area contributed by atoms with Gasteiger partial charge in [0.1, 0.15) is 0 Å². The molecule has 0 aromatic carbocycles. The van der Waals surface area contributed by atoms with Gasteiger partial charge in [0, 0.05) is 1.43 Å². The average molecular weight is 228 g/mol. The molecule has 0 saturated carbocycles. The van der Waals surface area contributed by atoms with Crippen molar-refractivity contribution in [1.29, 1.82) is 0 Å². The summed E-state index contributed by atoms with van der Waals surface area (Å²) in [4.78, 5) is 0. The van der Waals surface area contributed by atoms with Crippen LogP contribution in [-0.4, -0.2) is 20.6 Å². The minimum atomic E-state index is 0. The fourth-order valence-corrected chi connectivity index (χ4v) is 2.29. The van der Waals surface area contributed by atoms with Crippen LogP contribution in [0, 0.1) is 11.8 Å². The lowest BCUT2D eigenvalue weighted by molar-refractivity contribution is 0.700. The second kappa shape index (κ2) is 12.1. The molecule has 0 atom stereocenters. The maximum Gasteiger partial charge on any atom is 0.200 e. The monoisotopic (exact) mass is 227 g/mol. The second-order valence-electron chi connectivity index (χ2n) is 3.65. The number of hydrogen-bond donors (Lipinski definition) is 0. The Morgan fingerprint density at radius 1 is 1.00 bits per heavy atom. The van der Waals surface area contributed by atoms with Crippen LogP contribution in [0.1, 0.15) is 29.1 Å². The van der Waals surface area contributed by atoms with Crippen LogP contribution in [0.3, 0.4) is 0 Å². The van der Waals surface area contributed by atoms with Crippen LogP contribution >= 0.6 is 23.2 Å². The molecule has 0 saturated heterocycles. The molecule has 0 aromatic heterocycles. The van der Waals surface area contributed by atoms with Gasteiger partial charge in [0.05, 0.1) is 5.34 Å². The molecule has 3 heteroatoms. The van der Waals surface area contributed by atoms with E-state index in [9.17, 15) is 0 Å². The van der Waals surface area contributed by atoms with E-state index < -0.39 is 0 Å². The van der Waals surface area contributed by atoms with Crippen LogP contribution in [0.25, 0.3) is 0 Å². The van der Waals surface area contributed by atoms with E-state index in [0.717, 1.165) is 27.1 Å². The van der Waals surface area contributed by atoms with Gasteiger partial charge in [-0.25, -0.2) is 0 Å². The Balaban J connectivity index is -0.000000220. The van der Waals surface area contributed by atoms with Crippen molar-refractivity contribution in [2.75, 3.05) is 5.34 Å². The lowest BCUT2D eigenvalue weighted by atomic mass is 10.3. The fourth-order valence-electron chi connectivity index (χ4n) is 0.763. The third-order valence-electron chi connectivity index (χ3n) is 1.28. The molecule has 0 unspecified atom stereocenters. The Labute approximate surface area is 95.2 Å². The number of hydrogen-bond acceptors (Lipinski definition) is 0. The van der Waals surface area contributed by atoms with Crippen LogP contribution in [0.15, 0.2) is 0 Å². The van der Waals surface area contributed by atoms with Crippen LogP contribution in [0.2, 0.25) is 10.6 Å². The molecule has 0 heterocycles. The first-order chi connectivity index (χ1) is 5.54. The molecule has 12 heavy (non-hydrogen) atoms. The minimum absolute atomic E-state index is 0. The first kappa shape index (κ1) is 15.6. The Hall–Kier alpha value is 1.11. The average Bonchev–Trinajstić information content (AvgIpc) is 1.87. The third-order valence-corrected chi connectivity index (χ3v) is 3.83. The Bertz CT molecular complexity index is 72.0. The SMILES string of the molecule is CC(C)[CH2][Al][CH2]C(C)C.ClCCl.[HH]. The van der Waals surface area contributed by atoms with Gasteiger partial charge in [-0.2, -0.15) is 0 Å². The molecule has 0 aliphatic rings. The predicted molar refractivity (Wildman–Crippen MR) is 63.7 cm³/mol. The molecule has 0 nitrogen and oxygen atoms in total. The molecule has 1 radical (unpaired) electrons. The normalized spacial score (nSPS) is 9.67. The first-order valence-corrected chi connectivity index (χ1v) is 7.18. The van der Waals surface area contributed by atoms with Crippen molar-refractivity contribution >= 4 is 38.4 Å². The lowest BCUT2D eigenvalue weighted by Crippen LogP contribution is -1.99. The van der Waals surface area contributed by atoms with Crippen molar-refractivity contribution in [3.8, 4) is 0 Å². The van der Waals surface area contributed by atoms with Crippen molar-refractivity contribution in [3.05, 3.63) is 0 Å². The van der Waals surface area contributed by atoms with E-state index in [1.165, 1.54) is 10.6 Å². The zero-order valence-corrected chi connectivity index (χ0v) is 11.3. The highest BCUT2D eigenvalue weighted by atomic mass is 35.5. The summed E-state index contributed by atoms with van der Waals surface area (Å²) in [6.45, 7) is 9.25. The number of alkyl halides is 2. The van der Waals surface area contributed by atoms with Crippen molar-refractivity contribution in [2.45, 2.75) is 38.3 Å². The van der Waals surface area contributed by atoms with Gasteiger partial charge in [-0.1, -0.05) is 39.5 Å². The Kier molecular flexibility index (Phi) is 15.7. The molecule has 75 valence electrons. The van der Waals surface area contributed by atoms with Gasteiger partial charge in [0.25, 0.3) is 0 Å². The van der Waals surface area contributed by atoms with Gasteiger partial charge in [-0.3, -0.25) is 0 Å². The molecule has 0 N–H and O–H groups in total. The second-order valence-corrected chi connectivity index (χ2v) is 5.98. The third kappa shape index (κ3) is 22.5. The van der Waals surface area contributed by atoms with Gasteiger partial charge >= 0.3 is 0 Å². The summed E-state index contributed by atoms with van der Waals surface area (Å²) in [6, 6.07) is 0. The topological polar surface area (TPSA) is 0 Å². The smallest absolute Gasteiger partial charge is 0.109 e. The molecule has 0 rings (SSSR count). The van der Waals surface area contributed by atoms with E-state index in [4.69, 9.17) is 23.2 Å². The summed E-state index contributed by atoms with van der Waals surface area (Å²) in [6.07, 6.45) is 0. The highest BCUT2D eigenvalue weighted by molar-refractivity contribution is 6.40. The summed E-state index contributed by atoms with van der Waals surface area (Å²) in [5, 5.41) is 3.16. The first-order valence-electron chi connectivity index (χ1n) is 4.48. The van der Waals surface area contributed by atoms with E-state index in [1.54, 1.807) is 0 Å². The number of halogens is 2. The lowest BCUT2D eigenvalue weighted by Gasteiger charge is -2.03. The minimum Gasteiger partial charge on any atom is -0.109 e. The molecule has 0 aliphatic heterocycles. The molecule has 0 bridgehead atoms. The quantitative estimate of drug-likeness (QED) is 0.490. The van der Waals surface area contributed by atoms with Crippen LogP contribution in [0.4, 0.5) is 0 Å². The predicted octanol–water partition coefficient (Wildman–Crippen LogP) is 4.51. The molecule has 0 amide bonds. The van der Waals surface area contributed by atoms with Crippen molar-refractivity contribution in [3.63, 3.8) is 0 Å². The van der Waals surface area contributed by atoms with Crippen molar-refractivity contribution < 1.29 is 1.43 Å². The summed E-state index contributed by atoms with van der Waals surface area (Å²) < 4.78 is 0. The molecular formula is C9H22AlCl2. The van der Waals surface area contributed by atoms with Gasteiger partial charge < -0.3 is 0 Å². The number of rotatable bonds is 4. The highest BCUT2D eigenvalue weighted by Gasteiger charge is 1.98. The molecule has 0 aliphatic carbocycles. The summed E-state index contributed by atoms with van der Waals surface area (Å²) >= 11 is 10.3. The van der Waals surface area contributed by atoms with Crippen LogP contribution < -0.4 is 0 Å². The van der Waals surface area contributed by atoms with Crippen LogP contribution in [0.5, 0.6) is 0 Å². The van der Waals surface area contributed by atoms with Gasteiger partial charge in [-0.05, 0) is 0 Å². The maximum atomic E-state index is 4.76. The maximum absolute atomic E-state index is 4.76. The highest BCUT2D eigenvalue weighted by Crippen LogP contribution is 2.05. The van der Waals surface area contributed by atoms with Crippen LogP contribution in [-0.2, 0) is 0 Å². The molecule has 0 fully saturated rings. The largest absolute Gasteiger partial charge is 0.200 e. The van der Waals surface area contributed by atoms with Gasteiger partial charge in [0.15, 0.2) is 0 Å². The fraction of sp³-hybridized carbons (Fsp3) is 1.00. The summed E-state index contributed by atoms with van der Waals surface area (Å²) in [5.74, 6) is 1.86. The standard InChI is InChI=1S/2C4H9.CH2Cl2.Al.H2/c2*1-4(2)3;2-1-3;;/h2*4H,1H2,2-3H3;1H2;;1H. The van der Waals surface area contributed by atoms with Gasteiger partial charge in [0.2, 0.25) is 15.2 Å². The van der Waals surface area contributed by atoms with E-state index >= 15 is 0 Å². The van der Waals surface area contributed by atoms with E-state index in [2.05, 4.69) is 27.7 Å². The van der Waals surface area contributed by atoms with Crippen molar-refractivity contribution in [1.82, 2.24) is 0 Å². The summed E-state index contributed by atoms with van der Waals surface area (Å²) in [5.41, 5.74) is 0. The van der Waals surface area contributed by atoms with Crippen molar-refractivity contribution in [2.24, 2.45) is 11.8 Å².